The largest absolute Gasteiger partial charge is 0.456 e. The van der Waals surface area contributed by atoms with Crippen LogP contribution in [0.2, 0.25) is 0 Å². The zero-order valence-electron chi connectivity index (χ0n) is 28.1. The highest BCUT2D eigenvalue weighted by atomic mass is 32.1. The van der Waals surface area contributed by atoms with Crippen molar-refractivity contribution in [2.45, 2.75) is 0 Å². The maximum atomic E-state index is 6.67. The number of fused-ring (bicyclic) bond motifs is 7. The van der Waals surface area contributed by atoms with Crippen molar-refractivity contribution < 1.29 is 4.42 Å². The molecule has 2 aromatic heterocycles. The molecule has 0 aliphatic heterocycles. The molecule has 0 radical (unpaired) electrons. The molecule has 0 N–H and O–H groups in total. The summed E-state index contributed by atoms with van der Waals surface area (Å²) in [5.74, 6) is 0. The Bertz CT molecular complexity index is 3050. The first-order valence-electron chi connectivity index (χ1n) is 17.7. The fourth-order valence-electron chi connectivity index (χ4n) is 8.60. The molecular weight excluding hydrogens is 649 g/mol. The summed E-state index contributed by atoms with van der Waals surface area (Å²) in [6.45, 7) is 0. The molecule has 0 saturated heterocycles. The van der Waals surface area contributed by atoms with Gasteiger partial charge in [-0.2, -0.15) is 11.3 Å². The first kappa shape index (κ1) is 29.3. The molecule has 0 unspecified atom stereocenters. The Kier molecular flexibility index (Phi) is 6.49. The van der Waals surface area contributed by atoms with Crippen LogP contribution in [0.1, 0.15) is 0 Å². The Hall–Kier alpha value is -6.48. The topological polar surface area (TPSA) is 13.1 Å². The second kappa shape index (κ2) is 11.5. The normalized spacial score (nSPS) is 11.8. The van der Waals surface area contributed by atoms with E-state index in [1.165, 1.54) is 82.0 Å². The third kappa shape index (κ3) is 4.35. The number of rotatable bonds is 4. The van der Waals surface area contributed by atoms with Gasteiger partial charge in [0.15, 0.2) is 0 Å². The lowest BCUT2D eigenvalue weighted by Gasteiger charge is -2.17. The van der Waals surface area contributed by atoms with E-state index in [0.717, 1.165) is 27.5 Å². The molecule has 2 heterocycles. The Morgan fingerprint density at radius 1 is 0.288 bits per heavy atom. The second-order valence-corrected chi connectivity index (χ2v) is 14.4. The molecule has 0 aliphatic carbocycles. The average Bonchev–Trinajstić information content (AvgIpc) is 3.87. The van der Waals surface area contributed by atoms with Crippen LogP contribution in [0.4, 0.5) is 0 Å². The quantitative estimate of drug-likeness (QED) is 0.169. The van der Waals surface area contributed by atoms with Crippen LogP contribution >= 0.6 is 11.3 Å². The van der Waals surface area contributed by atoms with Crippen molar-refractivity contribution in [2.75, 3.05) is 0 Å². The van der Waals surface area contributed by atoms with Crippen LogP contribution in [0, 0.1) is 0 Å². The molecule has 242 valence electrons. The fraction of sp³-hybridized carbons (Fsp3) is 0. The molecule has 9 aromatic carbocycles. The molecule has 11 rings (SSSR count). The fourth-order valence-corrected chi connectivity index (χ4v) is 9.25. The van der Waals surface area contributed by atoms with Crippen molar-refractivity contribution in [1.82, 2.24) is 0 Å². The van der Waals surface area contributed by atoms with Gasteiger partial charge in [0.25, 0.3) is 0 Å². The molecule has 0 fully saturated rings. The maximum Gasteiger partial charge on any atom is 0.136 e. The van der Waals surface area contributed by atoms with Gasteiger partial charge in [-0.15, -0.1) is 0 Å². The number of furan rings is 1. The molecule has 0 saturated carbocycles. The van der Waals surface area contributed by atoms with Crippen LogP contribution in [-0.2, 0) is 0 Å². The van der Waals surface area contributed by atoms with Crippen molar-refractivity contribution in [3.05, 3.63) is 181 Å². The summed E-state index contributed by atoms with van der Waals surface area (Å²) in [4.78, 5) is 0. The van der Waals surface area contributed by atoms with E-state index in [9.17, 15) is 0 Å². The van der Waals surface area contributed by atoms with E-state index in [1.54, 1.807) is 11.3 Å². The smallest absolute Gasteiger partial charge is 0.136 e. The van der Waals surface area contributed by atoms with E-state index in [4.69, 9.17) is 4.42 Å². The Balaban J connectivity index is 1.13. The van der Waals surface area contributed by atoms with E-state index >= 15 is 0 Å². The van der Waals surface area contributed by atoms with Crippen LogP contribution in [0.15, 0.2) is 185 Å². The zero-order valence-corrected chi connectivity index (χ0v) is 29.0. The molecule has 0 atom stereocenters. The Morgan fingerprint density at radius 2 is 0.731 bits per heavy atom. The standard InChI is InChI=1S/C50H30OS/c1-2-12-31(13-3-1)47-36-14-4-6-16-38(36)48(39-17-7-5-15-37(39)47)32-23-25-45-44(28-32)35-24-22-33(29-46(35)51-45)49-40-18-8-10-20-42(40)50(34-26-27-52-30-34)43-21-11-9-19-41(43)49/h1-30H. The summed E-state index contributed by atoms with van der Waals surface area (Å²) < 4.78 is 6.67. The molecule has 0 amide bonds. The van der Waals surface area contributed by atoms with Crippen LogP contribution < -0.4 is 0 Å². The highest BCUT2D eigenvalue weighted by Crippen LogP contribution is 2.47. The van der Waals surface area contributed by atoms with Gasteiger partial charge in [-0.25, -0.2) is 0 Å². The monoisotopic (exact) mass is 678 g/mol. The summed E-state index contributed by atoms with van der Waals surface area (Å²) in [6.07, 6.45) is 0. The highest BCUT2D eigenvalue weighted by molar-refractivity contribution is 7.08. The summed E-state index contributed by atoms with van der Waals surface area (Å²) in [7, 11) is 0. The molecule has 0 bridgehead atoms. The predicted octanol–water partition coefficient (Wildman–Crippen LogP) is 14.9. The second-order valence-electron chi connectivity index (χ2n) is 13.6. The lowest BCUT2D eigenvalue weighted by molar-refractivity contribution is 0.669. The highest BCUT2D eigenvalue weighted by Gasteiger charge is 2.20. The molecule has 11 aromatic rings. The molecule has 0 aliphatic rings. The van der Waals surface area contributed by atoms with Gasteiger partial charge >= 0.3 is 0 Å². The van der Waals surface area contributed by atoms with Crippen molar-refractivity contribution >= 4 is 76.4 Å². The number of hydrogen-bond acceptors (Lipinski definition) is 2. The maximum absolute atomic E-state index is 6.67. The number of thiophene rings is 1. The van der Waals surface area contributed by atoms with Gasteiger partial charge in [-0.3, -0.25) is 0 Å². The zero-order chi connectivity index (χ0) is 34.2. The van der Waals surface area contributed by atoms with Gasteiger partial charge in [0, 0.05) is 10.8 Å². The Morgan fingerprint density at radius 3 is 1.23 bits per heavy atom. The van der Waals surface area contributed by atoms with Crippen molar-refractivity contribution in [2.24, 2.45) is 0 Å². The summed E-state index contributed by atoms with van der Waals surface area (Å²) in [5.41, 5.74) is 11.7. The lowest BCUT2D eigenvalue weighted by atomic mass is 9.85. The van der Waals surface area contributed by atoms with E-state index in [2.05, 4.69) is 181 Å². The number of benzene rings is 9. The van der Waals surface area contributed by atoms with Crippen LogP contribution in [-0.4, -0.2) is 0 Å². The van der Waals surface area contributed by atoms with Crippen molar-refractivity contribution in [1.29, 1.82) is 0 Å². The third-order valence-corrected chi connectivity index (χ3v) is 11.5. The van der Waals surface area contributed by atoms with Gasteiger partial charge in [0.2, 0.25) is 0 Å². The minimum Gasteiger partial charge on any atom is -0.456 e. The number of hydrogen-bond donors (Lipinski definition) is 0. The van der Waals surface area contributed by atoms with E-state index in [0.29, 0.717) is 0 Å². The molecular formula is C50H30OS. The van der Waals surface area contributed by atoms with Crippen LogP contribution in [0.25, 0.3) is 110 Å². The van der Waals surface area contributed by atoms with Gasteiger partial charge in [-0.05, 0) is 129 Å². The Labute approximate surface area is 304 Å². The molecule has 2 heteroatoms. The van der Waals surface area contributed by atoms with Gasteiger partial charge in [-0.1, -0.05) is 140 Å². The van der Waals surface area contributed by atoms with E-state index in [1.807, 2.05) is 0 Å². The van der Waals surface area contributed by atoms with Crippen LogP contribution in [0.5, 0.6) is 0 Å². The molecule has 0 spiro atoms. The van der Waals surface area contributed by atoms with E-state index in [-0.39, 0.29) is 0 Å². The molecule has 52 heavy (non-hydrogen) atoms. The van der Waals surface area contributed by atoms with Crippen molar-refractivity contribution in [3.63, 3.8) is 0 Å². The van der Waals surface area contributed by atoms with Crippen LogP contribution in [0.3, 0.4) is 0 Å². The van der Waals surface area contributed by atoms with Gasteiger partial charge in [0.1, 0.15) is 11.2 Å². The summed E-state index contributed by atoms with van der Waals surface area (Å²) in [5, 5.41) is 16.7. The first-order valence-corrected chi connectivity index (χ1v) is 18.7. The average molecular weight is 679 g/mol. The van der Waals surface area contributed by atoms with E-state index < -0.39 is 0 Å². The summed E-state index contributed by atoms with van der Waals surface area (Å²) >= 11 is 1.74. The SMILES string of the molecule is c1ccc(-c2c3ccccc3c(-c3ccc4oc5cc(-c6c7ccccc7c(-c7ccsc7)c7ccccc67)ccc5c4c3)c3ccccc23)cc1. The van der Waals surface area contributed by atoms with Gasteiger partial charge < -0.3 is 4.42 Å². The minimum absolute atomic E-state index is 0.896. The first-order chi connectivity index (χ1) is 25.8. The molecule has 1 nitrogen and oxygen atoms in total. The van der Waals surface area contributed by atoms with Crippen molar-refractivity contribution in [3.8, 4) is 44.5 Å². The third-order valence-electron chi connectivity index (χ3n) is 10.8. The van der Waals surface area contributed by atoms with Gasteiger partial charge in [0.05, 0.1) is 0 Å². The predicted molar refractivity (Wildman–Crippen MR) is 223 cm³/mol. The lowest BCUT2D eigenvalue weighted by Crippen LogP contribution is -1.90. The summed E-state index contributed by atoms with van der Waals surface area (Å²) in [6, 6.07) is 61.8. The minimum atomic E-state index is 0.896.